The monoisotopic (exact) mass is 261 g/mol. The van der Waals surface area contributed by atoms with E-state index in [0.29, 0.717) is 12.2 Å². The van der Waals surface area contributed by atoms with Crippen LogP contribution in [0, 0.1) is 16.7 Å². The van der Waals surface area contributed by atoms with Crippen LogP contribution >= 0.6 is 0 Å². The Morgan fingerprint density at radius 3 is 2.78 bits per heavy atom. The Morgan fingerprint density at radius 1 is 1.33 bits per heavy atom. The maximum Gasteiger partial charge on any atom is 0.0684 e. The van der Waals surface area contributed by atoms with Crippen molar-refractivity contribution in [2.75, 3.05) is 5.75 Å². The van der Waals surface area contributed by atoms with Crippen LogP contribution in [0.3, 0.4) is 0 Å². The van der Waals surface area contributed by atoms with Gasteiger partial charge in [0.15, 0.2) is 0 Å². The number of aryl methyl sites for hydroxylation is 2. The van der Waals surface area contributed by atoms with Crippen LogP contribution in [0.2, 0.25) is 0 Å². The molecule has 18 heavy (non-hydrogen) atoms. The number of nitrogens with zero attached hydrogens (tertiary/aromatic N) is 1. The molecular formula is C15H19NOS. The predicted octanol–water partition coefficient (Wildman–Crippen LogP) is 3.22. The minimum atomic E-state index is -0.975. The molecule has 3 heteroatoms. The number of nitriles is 1. The molecule has 0 N–H and O–H groups in total. The van der Waals surface area contributed by atoms with E-state index in [-0.39, 0.29) is 5.41 Å². The molecule has 2 nitrogen and oxygen atoms in total. The topological polar surface area (TPSA) is 40.9 Å². The molecule has 1 aromatic rings. The minimum Gasteiger partial charge on any atom is -0.254 e. The number of hydrogen-bond acceptors (Lipinski definition) is 2. The van der Waals surface area contributed by atoms with Gasteiger partial charge >= 0.3 is 0 Å². The number of fused-ring (bicyclic) bond motifs is 1. The molecule has 0 aromatic heterocycles. The maximum atomic E-state index is 12.2. The molecule has 0 saturated heterocycles. The lowest BCUT2D eigenvalue weighted by Gasteiger charge is -2.14. The molecule has 0 heterocycles. The van der Waals surface area contributed by atoms with Crippen LogP contribution in [0.5, 0.6) is 0 Å². The molecular weight excluding hydrogens is 242 g/mol. The quantitative estimate of drug-likeness (QED) is 0.835. The second kappa shape index (κ2) is 5.24. The molecule has 1 aliphatic rings. The van der Waals surface area contributed by atoms with Gasteiger partial charge in [0.1, 0.15) is 0 Å². The molecule has 0 spiro atoms. The molecule has 96 valence electrons. The first kappa shape index (κ1) is 13.3. The molecule has 0 saturated carbocycles. The lowest BCUT2D eigenvalue weighted by atomic mass is 9.93. The van der Waals surface area contributed by atoms with E-state index in [0.717, 1.165) is 17.7 Å². The Labute approximate surface area is 111 Å². The zero-order chi connectivity index (χ0) is 13.2. The average molecular weight is 261 g/mol. The SMILES string of the molecule is CC(C)(C#N)CCS(=O)c1ccc2c(c1)CCC2. The van der Waals surface area contributed by atoms with E-state index in [2.05, 4.69) is 18.2 Å². The molecule has 0 amide bonds. The van der Waals surface area contributed by atoms with Crippen molar-refractivity contribution in [3.05, 3.63) is 29.3 Å². The number of benzene rings is 1. The summed E-state index contributed by atoms with van der Waals surface area (Å²) >= 11 is 0. The van der Waals surface area contributed by atoms with Crippen molar-refractivity contribution >= 4 is 10.8 Å². The summed E-state index contributed by atoms with van der Waals surface area (Å²) in [5.74, 6) is 0.569. The molecule has 0 fully saturated rings. The lowest BCUT2D eigenvalue weighted by molar-refractivity contribution is 0.479. The van der Waals surface area contributed by atoms with Gasteiger partial charge in [0.25, 0.3) is 0 Å². The summed E-state index contributed by atoms with van der Waals surface area (Å²) < 4.78 is 12.2. The molecule has 1 aromatic carbocycles. The van der Waals surface area contributed by atoms with Gasteiger partial charge in [-0.05, 0) is 62.8 Å². The largest absolute Gasteiger partial charge is 0.254 e. The molecule has 1 atom stereocenters. The lowest BCUT2D eigenvalue weighted by Crippen LogP contribution is -2.13. The average Bonchev–Trinajstić information content (AvgIpc) is 2.83. The molecule has 0 radical (unpaired) electrons. The van der Waals surface area contributed by atoms with E-state index in [1.165, 1.54) is 17.5 Å². The van der Waals surface area contributed by atoms with Gasteiger partial charge < -0.3 is 0 Å². The van der Waals surface area contributed by atoms with Crippen molar-refractivity contribution in [3.63, 3.8) is 0 Å². The van der Waals surface area contributed by atoms with E-state index in [1.54, 1.807) is 0 Å². The summed E-state index contributed by atoms with van der Waals surface area (Å²) in [5, 5.41) is 8.96. The van der Waals surface area contributed by atoms with Crippen LogP contribution in [-0.4, -0.2) is 9.96 Å². The van der Waals surface area contributed by atoms with Gasteiger partial charge in [0.05, 0.1) is 22.3 Å². The second-order valence-electron chi connectivity index (χ2n) is 5.58. The fourth-order valence-corrected chi connectivity index (χ4v) is 3.64. The van der Waals surface area contributed by atoms with Gasteiger partial charge in [0, 0.05) is 10.6 Å². The molecule has 0 bridgehead atoms. The zero-order valence-corrected chi connectivity index (χ0v) is 11.8. The third-order valence-electron chi connectivity index (χ3n) is 3.55. The fraction of sp³-hybridized carbons (Fsp3) is 0.533. The Balaban J connectivity index is 2.04. The van der Waals surface area contributed by atoms with E-state index in [4.69, 9.17) is 5.26 Å². The maximum absolute atomic E-state index is 12.2. The van der Waals surface area contributed by atoms with Crippen LogP contribution in [0.15, 0.2) is 23.1 Å². The highest BCUT2D eigenvalue weighted by atomic mass is 32.2. The van der Waals surface area contributed by atoms with E-state index in [1.807, 2.05) is 19.9 Å². The number of hydrogen-bond donors (Lipinski definition) is 0. The highest BCUT2D eigenvalue weighted by molar-refractivity contribution is 7.85. The number of rotatable bonds is 4. The van der Waals surface area contributed by atoms with Crippen molar-refractivity contribution in [1.82, 2.24) is 0 Å². The first-order valence-electron chi connectivity index (χ1n) is 6.43. The van der Waals surface area contributed by atoms with Gasteiger partial charge in [-0.25, -0.2) is 0 Å². The molecule has 1 unspecified atom stereocenters. The van der Waals surface area contributed by atoms with Crippen LogP contribution in [0.1, 0.15) is 37.8 Å². The summed E-state index contributed by atoms with van der Waals surface area (Å²) in [6, 6.07) is 8.45. The highest BCUT2D eigenvalue weighted by Crippen LogP contribution is 2.25. The molecule has 1 aliphatic carbocycles. The summed E-state index contributed by atoms with van der Waals surface area (Å²) in [7, 11) is -0.975. The van der Waals surface area contributed by atoms with Crippen LogP contribution in [-0.2, 0) is 23.6 Å². The first-order valence-corrected chi connectivity index (χ1v) is 7.75. The van der Waals surface area contributed by atoms with Gasteiger partial charge in [-0.15, -0.1) is 0 Å². The summed E-state index contributed by atoms with van der Waals surface area (Å²) in [6.45, 7) is 3.79. The van der Waals surface area contributed by atoms with Crippen molar-refractivity contribution in [2.45, 2.75) is 44.4 Å². The van der Waals surface area contributed by atoms with Crippen molar-refractivity contribution < 1.29 is 4.21 Å². The standard InChI is InChI=1S/C15H19NOS/c1-15(2,11-16)8-9-18(17)14-7-6-12-4-3-5-13(12)10-14/h6-7,10H,3-5,8-9H2,1-2H3. The fourth-order valence-electron chi connectivity index (χ4n) is 2.21. The Morgan fingerprint density at radius 2 is 2.06 bits per heavy atom. The normalized spacial score (nSPS) is 16.1. The van der Waals surface area contributed by atoms with Gasteiger partial charge in [-0.1, -0.05) is 6.07 Å². The first-order chi connectivity index (χ1) is 8.52. The summed E-state index contributed by atoms with van der Waals surface area (Å²) in [4.78, 5) is 0.921. The second-order valence-corrected chi connectivity index (χ2v) is 7.15. The van der Waals surface area contributed by atoms with Crippen LogP contribution < -0.4 is 0 Å². The van der Waals surface area contributed by atoms with Gasteiger partial charge in [-0.3, -0.25) is 4.21 Å². The Hall–Kier alpha value is -1.14. The minimum absolute atomic E-state index is 0.383. The van der Waals surface area contributed by atoms with E-state index >= 15 is 0 Å². The molecule has 2 rings (SSSR count). The van der Waals surface area contributed by atoms with E-state index in [9.17, 15) is 4.21 Å². The summed E-state index contributed by atoms with van der Waals surface area (Å²) in [5.41, 5.74) is 2.39. The van der Waals surface area contributed by atoms with Crippen molar-refractivity contribution in [2.24, 2.45) is 5.41 Å². The predicted molar refractivity (Wildman–Crippen MR) is 73.8 cm³/mol. The van der Waals surface area contributed by atoms with Crippen LogP contribution in [0.4, 0.5) is 0 Å². The van der Waals surface area contributed by atoms with Crippen molar-refractivity contribution in [1.29, 1.82) is 5.26 Å². The van der Waals surface area contributed by atoms with Gasteiger partial charge in [-0.2, -0.15) is 5.26 Å². The van der Waals surface area contributed by atoms with E-state index < -0.39 is 10.8 Å². The third-order valence-corrected chi connectivity index (χ3v) is 4.90. The third kappa shape index (κ3) is 3.00. The van der Waals surface area contributed by atoms with Gasteiger partial charge in [0.2, 0.25) is 0 Å². The highest BCUT2D eigenvalue weighted by Gasteiger charge is 2.19. The zero-order valence-electron chi connectivity index (χ0n) is 11.0. The Kier molecular flexibility index (Phi) is 3.87. The van der Waals surface area contributed by atoms with Crippen molar-refractivity contribution in [3.8, 4) is 6.07 Å². The molecule has 0 aliphatic heterocycles. The smallest absolute Gasteiger partial charge is 0.0684 e. The van der Waals surface area contributed by atoms with Crippen LogP contribution in [0.25, 0.3) is 0 Å². The Bertz CT molecular complexity index is 514. The summed E-state index contributed by atoms with van der Waals surface area (Å²) in [6.07, 6.45) is 4.16.